The van der Waals surface area contributed by atoms with Crippen molar-refractivity contribution in [3.63, 3.8) is 0 Å². The Labute approximate surface area is 199 Å². The largest absolute Gasteiger partial charge is 0.485 e. The first kappa shape index (κ1) is 22.2. The molecule has 0 atom stereocenters. The quantitative estimate of drug-likeness (QED) is 0.306. The Bertz CT molecular complexity index is 1520. The van der Waals surface area contributed by atoms with E-state index in [4.69, 9.17) is 10.5 Å². The maximum Gasteiger partial charge on any atom is 0.267 e. The van der Waals surface area contributed by atoms with Gasteiger partial charge in [0.05, 0.1) is 24.9 Å². The Morgan fingerprint density at radius 2 is 2.03 bits per heavy atom. The molecule has 5 aromatic rings. The third-order valence-corrected chi connectivity index (χ3v) is 5.53. The van der Waals surface area contributed by atoms with E-state index in [9.17, 15) is 9.90 Å². The number of pyridine rings is 1. The first-order valence-corrected chi connectivity index (χ1v) is 10.9. The number of H-pyrrole nitrogens is 1. The predicted octanol–water partition coefficient (Wildman–Crippen LogP) is 1.60. The lowest BCUT2D eigenvalue weighted by Crippen LogP contribution is -2.13. The smallest absolute Gasteiger partial charge is 0.267 e. The van der Waals surface area contributed by atoms with Gasteiger partial charge >= 0.3 is 0 Å². The molecule has 12 nitrogen and oxygen atoms in total. The SMILES string of the molecule is Cc1nn(CCO)c(-c2nc(-c3nc(C(N)=O)cc4c3cnn4C)n[nH]2)c1OCc1ccccc1. The summed E-state index contributed by atoms with van der Waals surface area (Å²) in [6, 6.07) is 11.3. The van der Waals surface area contributed by atoms with E-state index in [0.29, 0.717) is 46.2 Å². The van der Waals surface area contributed by atoms with Gasteiger partial charge in [-0.1, -0.05) is 30.3 Å². The van der Waals surface area contributed by atoms with Crippen LogP contribution in [0.25, 0.3) is 33.9 Å². The van der Waals surface area contributed by atoms with Gasteiger partial charge in [-0.25, -0.2) is 9.97 Å². The minimum absolute atomic E-state index is 0.0792. The van der Waals surface area contributed by atoms with Crippen LogP contribution in [-0.2, 0) is 20.2 Å². The third-order valence-electron chi connectivity index (χ3n) is 5.53. The second-order valence-corrected chi connectivity index (χ2v) is 7.91. The average molecular weight is 473 g/mol. The molecular formula is C23H23N9O3. The number of aromatic amines is 1. The zero-order chi connectivity index (χ0) is 24.5. The maximum absolute atomic E-state index is 11.9. The van der Waals surface area contributed by atoms with Crippen molar-refractivity contribution in [3.8, 4) is 28.8 Å². The number of carbonyl (C=O) groups excluding carboxylic acids is 1. The first-order chi connectivity index (χ1) is 17.0. The summed E-state index contributed by atoms with van der Waals surface area (Å²) in [6.07, 6.45) is 1.63. The standard InChI is InChI=1S/C23H23N9O3/c1-13-20(35-12-14-6-4-3-5-7-14)19(32(30-13)8-9-33)23-27-22(28-29-23)18-15-11-25-31(2)17(15)10-16(26-18)21(24)34/h3-7,10-11,33H,8-9,12H2,1-2H3,(H2,24,34)(H,27,28,29). The molecule has 0 aliphatic carbocycles. The fourth-order valence-corrected chi connectivity index (χ4v) is 3.87. The highest BCUT2D eigenvalue weighted by molar-refractivity contribution is 5.99. The van der Waals surface area contributed by atoms with E-state index in [2.05, 4.69) is 30.4 Å². The summed E-state index contributed by atoms with van der Waals surface area (Å²) in [5.41, 5.74) is 8.79. The summed E-state index contributed by atoms with van der Waals surface area (Å²) in [5, 5.41) is 26.3. The van der Waals surface area contributed by atoms with Gasteiger partial charge in [-0.2, -0.15) is 15.3 Å². The number of benzene rings is 1. The molecule has 4 heterocycles. The minimum Gasteiger partial charge on any atom is -0.485 e. The van der Waals surface area contributed by atoms with Gasteiger partial charge in [0.15, 0.2) is 11.6 Å². The molecule has 12 heteroatoms. The van der Waals surface area contributed by atoms with Crippen molar-refractivity contribution in [2.24, 2.45) is 12.8 Å². The Kier molecular flexibility index (Phi) is 5.71. The fourth-order valence-electron chi connectivity index (χ4n) is 3.87. The number of amides is 1. The zero-order valence-electron chi connectivity index (χ0n) is 19.1. The van der Waals surface area contributed by atoms with Crippen LogP contribution in [0.1, 0.15) is 21.7 Å². The topological polar surface area (TPSA) is 163 Å². The number of aromatic nitrogens is 8. The summed E-state index contributed by atoms with van der Waals surface area (Å²) in [5.74, 6) is 0.485. The van der Waals surface area contributed by atoms with E-state index in [1.165, 1.54) is 0 Å². The van der Waals surface area contributed by atoms with E-state index in [1.54, 1.807) is 28.7 Å². The van der Waals surface area contributed by atoms with E-state index in [-0.39, 0.29) is 24.7 Å². The molecule has 0 bridgehead atoms. The molecule has 0 fully saturated rings. The number of hydrogen-bond acceptors (Lipinski definition) is 8. The lowest BCUT2D eigenvalue weighted by atomic mass is 10.2. The number of carbonyl (C=O) groups is 1. The monoisotopic (exact) mass is 473 g/mol. The summed E-state index contributed by atoms with van der Waals surface area (Å²) >= 11 is 0. The molecule has 4 aromatic heterocycles. The molecule has 0 unspecified atom stereocenters. The van der Waals surface area contributed by atoms with Crippen LogP contribution in [0.3, 0.4) is 0 Å². The number of ether oxygens (including phenoxy) is 1. The highest BCUT2D eigenvalue weighted by Crippen LogP contribution is 2.33. The van der Waals surface area contributed by atoms with E-state index in [0.717, 1.165) is 5.56 Å². The number of aliphatic hydroxyl groups is 1. The molecule has 1 aromatic carbocycles. The van der Waals surface area contributed by atoms with Gasteiger partial charge in [0.2, 0.25) is 5.82 Å². The summed E-state index contributed by atoms with van der Waals surface area (Å²) in [7, 11) is 1.76. The van der Waals surface area contributed by atoms with Crippen LogP contribution < -0.4 is 10.5 Å². The van der Waals surface area contributed by atoms with Crippen LogP contribution >= 0.6 is 0 Å². The lowest BCUT2D eigenvalue weighted by molar-refractivity contribution is 0.0996. The number of aliphatic hydroxyl groups excluding tert-OH is 1. The van der Waals surface area contributed by atoms with Crippen molar-refractivity contribution in [2.75, 3.05) is 6.61 Å². The van der Waals surface area contributed by atoms with E-state index >= 15 is 0 Å². The van der Waals surface area contributed by atoms with E-state index in [1.807, 2.05) is 37.3 Å². The maximum atomic E-state index is 11.9. The van der Waals surface area contributed by atoms with Crippen molar-refractivity contribution in [1.29, 1.82) is 0 Å². The molecule has 0 spiro atoms. The van der Waals surface area contributed by atoms with Crippen LogP contribution in [0.2, 0.25) is 0 Å². The summed E-state index contributed by atoms with van der Waals surface area (Å²) in [6.45, 7) is 2.28. The number of hydrogen-bond donors (Lipinski definition) is 3. The minimum atomic E-state index is -0.668. The molecule has 0 aliphatic rings. The highest BCUT2D eigenvalue weighted by atomic mass is 16.5. The van der Waals surface area contributed by atoms with Crippen LogP contribution in [0.15, 0.2) is 42.6 Å². The zero-order valence-corrected chi connectivity index (χ0v) is 19.1. The van der Waals surface area contributed by atoms with Gasteiger partial charge in [-0.05, 0) is 18.6 Å². The number of rotatable bonds is 8. The Balaban J connectivity index is 1.58. The number of nitrogens with one attached hydrogen (secondary N) is 1. The van der Waals surface area contributed by atoms with Crippen molar-refractivity contribution in [2.45, 2.75) is 20.1 Å². The number of primary amides is 1. The Morgan fingerprint density at radius 1 is 1.23 bits per heavy atom. The number of nitrogens with zero attached hydrogens (tertiary/aromatic N) is 7. The molecule has 4 N–H and O–H groups in total. The lowest BCUT2D eigenvalue weighted by Gasteiger charge is -2.08. The molecule has 5 rings (SSSR count). The molecule has 0 saturated heterocycles. The number of nitrogens with two attached hydrogens (primary N) is 1. The first-order valence-electron chi connectivity index (χ1n) is 10.9. The van der Waals surface area contributed by atoms with Crippen molar-refractivity contribution < 1.29 is 14.6 Å². The van der Waals surface area contributed by atoms with Crippen molar-refractivity contribution in [1.82, 2.24) is 39.7 Å². The Morgan fingerprint density at radius 3 is 2.77 bits per heavy atom. The molecular weight excluding hydrogens is 450 g/mol. The van der Waals surface area contributed by atoms with Gasteiger partial charge in [-0.3, -0.25) is 19.3 Å². The molecule has 178 valence electrons. The van der Waals surface area contributed by atoms with Gasteiger partial charge in [0.25, 0.3) is 5.91 Å². The van der Waals surface area contributed by atoms with Crippen LogP contribution in [0.4, 0.5) is 0 Å². The van der Waals surface area contributed by atoms with Gasteiger partial charge in [0.1, 0.15) is 29.4 Å². The fraction of sp³-hybridized carbons (Fsp3) is 0.217. The normalized spacial score (nSPS) is 11.3. The number of fused-ring (bicyclic) bond motifs is 1. The average Bonchev–Trinajstić information content (AvgIpc) is 3.56. The molecule has 0 aliphatic heterocycles. The molecule has 0 saturated carbocycles. The van der Waals surface area contributed by atoms with Crippen molar-refractivity contribution >= 4 is 16.8 Å². The second kappa shape index (κ2) is 8.99. The Hall–Kier alpha value is -4.58. The van der Waals surface area contributed by atoms with Crippen molar-refractivity contribution in [3.05, 3.63) is 59.5 Å². The highest BCUT2D eigenvalue weighted by Gasteiger charge is 2.24. The van der Waals surface area contributed by atoms with Gasteiger partial charge < -0.3 is 15.6 Å². The van der Waals surface area contributed by atoms with Gasteiger partial charge in [0, 0.05) is 12.4 Å². The summed E-state index contributed by atoms with van der Waals surface area (Å²) < 4.78 is 9.37. The van der Waals surface area contributed by atoms with E-state index < -0.39 is 5.91 Å². The number of aryl methyl sites for hydroxylation is 2. The molecule has 1 amide bonds. The van der Waals surface area contributed by atoms with Gasteiger partial charge in [-0.15, -0.1) is 0 Å². The van der Waals surface area contributed by atoms with Crippen LogP contribution in [-0.4, -0.2) is 57.3 Å². The van der Waals surface area contributed by atoms with Crippen LogP contribution in [0, 0.1) is 6.92 Å². The molecule has 35 heavy (non-hydrogen) atoms. The second-order valence-electron chi connectivity index (χ2n) is 7.91. The van der Waals surface area contributed by atoms with Crippen LogP contribution in [0.5, 0.6) is 5.75 Å². The molecule has 0 radical (unpaired) electrons. The predicted molar refractivity (Wildman–Crippen MR) is 126 cm³/mol. The third kappa shape index (κ3) is 4.10. The summed E-state index contributed by atoms with van der Waals surface area (Å²) in [4.78, 5) is 20.9.